The van der Waals surface area contributed by atoms with Crippen LogP contribution in [-0.4, -0.2) is 57.8 Å². The van der Waals surface area contributed by atoms with Gasteiger partial charge in [0.2, 0.25) is 15.9 Å². The van der Waals surface area contributed by atoms with E-state index in [1.54, 1.807) is 35.1 Å². The topological polar surface area (TPSA) is 152 Å². The first-order valence-corrected chi connectivity index (χ1v) is 12.9. The Morgan fingerprint density at radius 3 is 2.68 bits per heavy atom. The Bertz CT molecular complexity index is 1600. The molecule has 2 aromatic carbocycles. The summed E-state index contributed by atoms with van der Waals surface area (Å²) in [4.78, 5) is 27.6. The number of hydrogen-bond donors (Lipinski definition) is 2. The normalized spacial score (nSPS) is 15.3. The van der Waals surface area contributed by atoms with E-state index in [4.69, 9.17) is 0 Å². The number of hydrogen-bond acceptors (Lipinski definition) is 8. The van der Waals surface area contributed by atoms with E-state index in [0.29, 0.717) is 30.1 Å². The monoisotopic (exact) mass is 521 g/mol. The van der Waals surface area contributed by atoms with Crippen molar-refractivity contribution in [2.24, 2.45) is 0 Å². The number of nitrogens with one attached hydrogen (secondary N) is 2. The molecule has 0 aliphatic carbocycles. The van der Waals surface area contributed by atoms with Crippen molar-refractivity contribution in [3.05, 3.63) is 82.7 Å². The first-order chi connectivity index (χ1) is 17.8. The highest BCUT2D eigenvalue weighted by atomic mass is 32.2. The molecule has 37 heavy (non-hydrogen) atoms. The molecule has 0 unspecified atom stereocenters. The average molecular weight is 522 g/mol. The third-order valence-electron chi connectivity index (χ3n) is 5.99. The quantitative estimate of drug-likeness (QED) is 0.308. The molecule has 2 N–H and O–H groups in total. The number of benzene rings is 2. The number of nitro groups is 1. The number of sulfonamides is 1. The summed E-state index contributed by atoms with van der Waals surface area (Å²) in [6, 6.07) is 14.2. The molecule has 0 atom stereocenters. The van der Waals surface area contributed by atoms with Gasteiger partial charge in [0.05, 0.1) is 11.1 Å². The van der Waals surface area contributed by atoms with Gasteiger partial charge in [0.1, 0.15) is 5.82 Å². The fourth-order valence-corrected chi connectivity index (χ4v) is 5.75. The summed E-state index contributed by atoms with van der Waals surface area (Å²) in [6.07, 6.45) is 3.36. The highest BCUT2D eigenvalue weighted by molar-refractivity contribution is 7.89. The molecule has 4 bridgehead atoms. The van der Waals surface area contributed by atoms with Gasteiger partial charge in [0, 0.05) is 50.4 Å². The Morgan fingerprint density at radius 2 is 1.84 bits per heavy atom. The highest BCUT2D eigenvalue weighted by Crippen LogP contribution is 2.29. The number of nitrogens with zero attached hydrogens (tertiary/aromatic N) is 5. The third kappa shape index (κ3) is 4.99. The van der Waals surface area contributed by atoms with E-state index in [1.165, 1.54) is 18.2 Å². The van der Waals surface area contributed by atoms with E-state index < -0.39 is 25.5 Å². The van der Waals surface area contributed by atoms with Crippen LogP contribution >= 0.6 is 0 Å². The molecule has 0 fully saturated rings. The number of carbonyl (C=O) groups is 1. The van der Waals surface area contributed by atoms with E-state index in [1.807, 2.05) is 12.1 Å². The van der Waals surface area contributed by atoms with Crippen LogP contribution in [0.2, 0.25) is 0 Å². The average Bonchev–Trinajstić information content (AvgIpc) is 3.32. The van der Waals surface area contributed by atoms with Crippen molar-refractivity contribution in [2.75, 3.05) is 25.0 Å². The van der Waals surface area contributed by atoms with Gasteiger partial charge in [-0.1, -0.05) is 30.3 Å². The smallest absolute Gasteiger partial charge is 0.289 e. The predicted molar refractivity (Wildman–Crippen MR) is 135 cm³/mol. The lowest BCUT2D eigenvalue weighted by Crippen LogP contribution is -2.36. The summed E-state index contributed by atoms with van der Waals surface area (Å²) >= 11 is 0. The Balaban J connectivity index is 1.58. The Kier molecular flexibility index (Phi) is 6.54. The summed E-state index contributed by atoms with van der Waals surface area (Å²) in [6.45, 7) is 0.464. The highest BCUT2D eigenvalue weighted by Gasteiger charge is 2.32. The summed E-state index contributed by atoms with van der Waals surface area (Å²) in [5.41, 5.74) is 2.28. The van der Waals surface area contributed by atoms with Gasteiger partial charge < -0.3 is 10.6 Å². The van der Waals surface area contributed by atoms with Gasteiger partial charge in [-0.15, -0.1) is 0 Å². The number of carbonyl (C=O) groups excluding carboxylic acids is 1. The predicted octanol–water partition coefficient (Wildman–Crippen LogP) is 2.43. The molecule has 190 valence electrons. The minimum atomic E-state index is -4.31. The van der Waals surface area contributed by atoms with E-state index in [9.17, 15) is 23.3 Å². The van der Waals surface area contributed by atoms with Crippen LogP contribution in [0.5, 0.6) is 0 Å². The van der Waals surface area contributed by atoms with Crippen molar-refractivity contribution in [1.29, 1.82) is 0 Å². The minimum absolute atomic E-state index is 0.0883. The number of fused-ring (bicyclic) bond motifs is 4. The number of amides is 1. The lowest BCUT2D eigenvalue weighted by Gasteiger charge is -2.22. The van der Waals surface area contributed by atoms with Gasteiger partial charge in [0.15, 0.2) is 10.5 Å². The largest absolute Gasteiger partial charge is 0.368 e. The number of anilines is 1. The second-order valence-electron chi connectivity index (χ2n) is 8.43. The molecule has 0 spiro atoms. The van der Waals surface area contributed by atoms with Crippen LogP contribution in [0.3, 0.4) is 0 Å². The van der Waals surface area contributed by atoms with Crippen molar-refractivity contribution < 1.29 is 18.1 Å². The molecule has 4 aromatic rings. The molecule has 5 rings (SSSR count). The zero-order valence-corrected chi connectivity index (χ0v) is 20.4. The fraction of sp³-hybridized carbons (Fsp3) is 0.208. The van der Waals surface area contributed by atoms with Gasteiger partial charge >= 0.3 is 0 Å². The molecule has 3 heterocycles. The molecule has 1 aliphatic rings. The van der Waals surface area contributed by atoms with Crippen LogP contribution in [0.4, 0.5) is 11.5 Å². The van der Waals surface area contributed by atoms with E-state index in [-0.39, 0.29) is 25.4 Å². The molecule has 0 saturated carbocycles. The maximum absolute atomic E-state index is 13.6. The summed E-state index contributed by atoms with van der Waals surface area (Å²) in [7, 11) is -4.31. The first kappa shape index (κ1) is 24.3. The van der Waals surface area contributed by atoms with E-state index >= 15 is 0 Å². The molecule has 1 aliphatic heterocycles. The first-order valence-electron chi connectivity index (χ1n) is 11.5. The van der Waals surface area contributed by atoms with Crippen LogP contribution in [0, 0.1) is 10.1 Å². The molecule has 1 amide bonds. The Hall–Kier alpha value is -4.36. The summed E-state index contributed by atoms with van der Waals surface area (Å²) < 4.78 is 30.0. The van der Waals surface area contributed by atoms with Crippen molar-refractivity contribution in [1.82, 2.24) is 24.2 Å². The van der Waals surface area contributed by atoms with Gasteiger partial charge in [-0.25, -0.2) is 17.9 Å². The number of aromatic nitrogens is 3. The van der Waals surface area contributed by atoms with Gasteiger partial charge in [-0.05, 0) is 29.3 Å². The maximum Gasteiger partial charge on any atom is 0.289 e. The molecule has 0 saturated heterocycles. The van der Waals surface area contributed by atoms with Gasteiger partial charge in [0.25, 0.3) is 5.69 Å². The number of para-hydroxylation sites is 1. The standard InChI is InChI=1S/C24H23N7O5S/c32-23-9-12-29(37(35,36)21-7-2-1-6-20(21)31(33)34)16-17-4-3-5-18(14-17)19-15-27-30-13-8-22(28-24(19)30)25-10-11-26-23/h1-8,13-15H,9-12,16H2,(H,25,28)(H,26,32). The maximum atomic E-state index is 13.6. The lowest BCUT2D eigenvalue weighted by atomic mass is 10.1. The second kappa shape index (κ2) is 9.95. The summed E-state index contributed by atoms with van der Waals surface area (Å²) in [5, 5.41) is 21.8. The van der Waals surface area contributed by atoms with E-state index in [0.717, 1.165) is 21.5 Å². The molecular weight excluding hydrogens is 498 g/mol. The van der Waals surface area contributed by atoms with Crippen molar-refractivity contribution >= 4 is 33.1 Å². The van der Waals surface area contributed by atoms with Gasteiger partial charge in [-0.2, -0.15) is 9.40 Å². The molecular formula is C24H23N7O5S. The Labute approximate surface area is 212 Å². The van der Waals surface area contributed by atoms with Crippen LogP contribution in [0.1, 0.15) is 12.0 Å². The zero-order valence-electron chi connectivity index (χ0n) is 19.6. The fourth-order valence-electron chi connectivity index (χ4n) is 4.17. The van der Waals surface area contributed by atoms with Crippen molar-refractivity contribution in [3.8, 4) is 11.1 Å². The van der Waals surface area contributed by atoms with Crippen LogP contribution in [0.15, 0.2) is 71.9 Å². The minimum Gasteiger partial charge on any atom is -0.368 e. The molecule has 2 aromatic heterocycles. The van der Waals surface area contributed by atoms with Crippen LogP contribution in [0.25, 0.3) is 16.8 Å². The lowest BCUT2D eigenvalue weighted by molar-refractivity contribution is -0.387. The number of nitro benzene ring substituents is 1. The van der Waals surface area contributed by atoms with Crippen LogP contribution in [-0.2, 0) is 21.4 Å². The van der Waals surface area contributed by atoms with Crippen molar-refractivity contribution in [2.45, 2.75) is 17.9 Å². The SMILES string of the molecule is O=C1CCN(S(=O)(=O)c2ccccc2[N+](=O)[O-])Cc2cccc(c2)-c2cnn3ccc(nc23)NCCN1. The molecule has 0 radical (unpaired) electrons. The second-order valence-corrected chi connectivity index (χ2v) is 10.3. The Morgan fingerprint density at radius 1 is 1.03 bits per heavy atom. The third-order valence-corrected chi connectivity index (χ3v) is 7.88. The van der Waals surface area contributed by atoms with Crippen LogP contribution < -0.4 is 10.6 Å². The molecule has 12 nitrogen and oxygen atoms in total. The van der Waals surface area contributed by atoms with Crippen molar-refractivity contribution in [3.63, 3.8) is 0 Å². The zero-order chi connectivity index (χ0) is 26.0. The van der Waals surface area contributed by atoms with Gasteiger partial charge in [-0.3, -0.25) is 14.9 Å². The molecule has 13 heteroatoms. The van der Waals surface area contributed by atoms with E-state index in [2.05, 4.69) is 20.7 Å². The number of rotatable bonds is 3. The summed E-state index contributed by atoms with van der Waals surface area (Å²) in [5.74, 6) is 0.292.